The summed E-state index contributed by atoms with van der Waals surface area (Å²) in [4.78, 5) is 23.8. The molecule has 2 rings (SSSR count). The first-order valence-electron chi connectivity index (χ1n) is 7.88. The molecule has 1 saturated heterocycles. The van der Waals surface area contributed by atoms with Gasteiger partial charge in [-0.25, -0.2) is 0 Å². The molecule has 0 atom stereocenters. The van der Waals surface area contributed by atoms with E-state index < -0.39 is 0 Å². The Bertz CT molecular complexity index is 332. The SMILES string of the molecule is CCOC(=O)C1CCC(NC(=O)C2CCNCC2)CC1. The van der Waals surface area contributed by atoms with Crippen LogP contribution in [0.5, 0.6) is 0 Å². The van der Waals surface area contributed by atoms with Crippen molar-refractivity contribution in [2.75, 3.05) is 19.7 Å². The van der Waals surface area contributed by atoms with Crippen molar-refractivity contribution in [3.63, 3.8) is 0 Å². The lowest BCUT2D eigenvalue weighted by Gasteiger charge is -2.30. The van der Waals surface area contributed by atoms with Crippen molar-refractivity contribution < 1.29 is 14.3 Å². The number of piperidine rings is 1. The summed E-state index contributed by atoms with van der Waals surface area (Å²) in [6.07, 6.45) is 5.31. The molecule has 0 aromatic rings. The molecule has 1 aliphatic heterocycles. The van der Waals surface area contributed by atoms with Gasteiger partial charge in [-0.05, 0) is 58.5 Å². The summed E-state index contributed by atoms with van der Waals surface area (Å²) in [6.45, 7) is 4.16. The summed E-state index contributed by atoms with van der Waals surface area (Å²) < 4.78 is 5.06. The van der Waals surface area contributed by atoms with E-state index in [0.717, 1.165) is 51.6 Å². The van der Waals surface area contributed by atoms with Crippen LogP contribution in [-0.4, -0.2) is 37.6 Å². The molecule has 5 heteroatoms. The van der Waals surface area contributed by atoms with Crippen molar-refractivity contribution in [3.8, 4) is 0 Å². The van der Waals surface area contributed by atoms with Crippen molar-refractivity contribution in [2.45, 2.75) is 51.5 Å². The van der Waals surface area contributed by atoms with Gasteiger partial charge in [0.25, 0.3) is 0 Å². The average molecular weight is 282 g/mol. The minimum atomic E-state index is -0.0735. The summed E-state index contributed by atoms with van der Waals surface area (Å²) in [5.41, 5.74) is 0. The first kappa shape index (κ1) is 15.3. The van der Waals surface area contributed by atoms with Crippen LogP contribution in [0.4, 0.5) is 0 Å². The minimum Gasteiger partial charge on any atom is -0.466 e. The maximum Gasteiger partial charge on any atom is 0.308 e. The maximum absolute atomic E-state index is 12.2. The number of amides is 1. The lowest BCUT2D eigenvalue weighted by Crippen LogP contribution is -2.44. The number of ether oxygens (including phenoxy) is 1. The van der Waals surface area contributed by atoms with Crippen LogP contribution in [-0.2, 0) is 14.3 Å². The second kappa shape index (κ2) is 7.62. The molecule has 0 radical (unpaired) electrons. The molecule has 5 nitrogen and oxygen atoms in total. The van der Waals surface area contributed by atoms with E-state index in [1.807, 2.05) is 6.92 Å². The number of esters is 1. The zero-order valence-electron chi connectivity index (χ0n) is 12.3. The van der Waals surface area contributed by atoms with Gasteiger partial charge in [0.2, 0.25) is 5.91 Å². The van der Waals surface area contributed by atoms with Crippen LogP contribution in [0.1, 0.15) is 45.4 Å². The molecule has 114 valence electrons. The molecule has 2 N–H and O–H groups in total. The van der Waals surface area contributed by atoms with E-state index in [1.54, 1.807) is 0 Å². The van der Waals surface area contributed by atoms with E-state index in [1.165, 1.54) is 0 Å². The molecule has 1 amide bonds. The summed E-state index contributed by atoms with van der Waals surface area (Å²) in [7, 11) is 0. The van der Waals surface area contributed by atoms with Crippen LogP contribution in [0.15, 0.2) is 0 Å². The Hall–Kier alpha value is -1.10. The molecule has 0 bridgehead atoms. The Balaban J connectivity index is 1.71. The van der Waals surface area contributed by atoms with E-state index in [0.29, 0.717) is 6.61 Å². The van der Waals surface area contributed by atoms with E-state index in [4.69, 9.17) is 4.74 Å². The third-order valence-corrected chi connectivity index (χ3v) is 4.40. The standard InChI is InChI=1S/C15H26N2O3/c1-2-20-15(19)12-3-5-13(6-4-12)17-14(18)11-7-9-16-10-8-11/h11-13,16H,2-10H2,1H3,(H,17,18). The molecule has 0 aromatic carbocycles. The third kappa shape index (κ3) is 4.20. The highest BCUT2D eigenvalue weighted by Crippen LogP contribution is 2.26. The number of nitrogens with one attached hydrogen (secondary N) is 2. The largest absolute Gasteiger partial charge is 0.466 e. The highest BCUT2D eigenvalue weighted by Gasteiger charge is 2.29. The monoisotopic (exact) mass is 282 g/mol. The minimum absolute atomic E-state index is 0.0296. The predicted molar refractivity (Wildman–Crippen MR) is 76.1 cm³/mol. The van der Waals surface area contributed by atoms with Crippen LogP contribution in [0.3, 0.4) is 0 Å². The molecular weight excluding hydrogens is 256 g/mol. The predicted octanol–water partition coefficient (Wildman–Crippen LogP) is 1.22. The van der Waals surface area contributed by atoms with E-state index in [9.17, 15) is 9.59 Å². The van der Waals surface area contributed by atoms with Gasteiger partial charge in [0, 0.05) is 12.0 Å². The van der Waals surface area contributed by atoms with E-state index >= 15 is 0 Å². The zero-order valence-corrected chi connectivity index (χ0v) is 12.3. The number of hydrogen-bond acceptors (Lipinski definition) is 4. The number of carbonyl (C=O) groups is 2. The second-order valence-corrected chi connectivity index (χ2v) is 5.83. The van der Waals surface area contributed by atoms with E-state index in [2.05, 4.69) is 10.6 Å². The molecule has 1 aliphatic carbocycles. The van der Waals surface area contributed by atoms with Gasteiger partial charge in [-0.1, -0.05) is 0 Å². The number of rotatable bonds is 4. The molecule has 20 heavy (non-hydrogen) atoms. The number of hydrogen-bond donors (Lipinski definition) is 2. The zero-order chi connectivity index (χ0) is 14.4. The first-order chi connectivity index (χ1) is 9.70. The summed E-state index contributed by atoms with van der Waals surface area (Å²) in [6, 6.07) is 0.239. The third-order valence-electron chi connectivity index (χ3n) is 4.40. The van der Waals surface area contributed by atoms with E-state index in [-0.39, 0.29) is 29.8 Å². The van der Waals surface area contributed by atoms with Gasteiger partial charge in [-0.2, -0.15) is 0 Å². The lowest BCUT2D eigenvalue weighted by atomic mass is 9.85. The van der Waals surface area contributed by atoms with Crippen LogP contribution in [0.2, 0.25) is 0 Å². The fraction of sp³-hybridized carbons (Fsp3) is 0.867. The Morgan fingerprint density at radius 3 is 2.30 bits per heavy atom. The average Bonchev–Trinajstić information content (AvgIpc) is 2.49. The highest BCUT2D eigenvalue weighted by atomic mass is 16.5. The fourth-order valence-electron chi connectivity index (χ4n) is 3.14. The first-order valence-corrected chi connectivity index (χ1v) is 7.88. The van der Waals surface area contributed by atoms with Gasteiger partial charge in [-0.3, -0.25) is 9.59 Å². The Kier molecular flexibility index (Phi) is 5.83. The molecule has 1 heterocycles. The van der Waals surface area contributed by atoms with Crippen LogP contribution < -0.4 is 10.6 Å². The van der Waals surface area contributed by atoms with Crippen molar-refractivity contribution in [3.05, 3.63) is 0 Å². The molecule has 2 fully saturated rings. The van der Waals surface area contributed by atoms with Crippen molar-refractivity contribution in [1.29, 1.82) is 0 Å². The smallest absolute Gasteiger partial charge is 0.308 e. The lowest BCUT2D eigenvalue weighted by molar-refractivity contribution is -0.149. The van der Waals surface area contributed by atoms with Gasteiger partial charge in [0.1, 0.15) is 0 Å². The van der Waals surface area contributed by atoms with Gasteiger partial charge in [-0.15, -0.1) is 0 Å². The van der Waals surface area contributed by atoms with Gasteiger partial charge >= 0.3 is 5.97 Å². The Morgan fingerprint density at radius 2 is 1.70 bits per heavy atom. The molecule has 1 saturated carbocycles. The van der Waals surface area contributed by atoms with Gasteiger partial charge < -0.3 is 15.4 Å². The van der Waals surface area contributed by atoms with Crippen LogP contribution in [0.25, 0.3) is 0 Å². The van der Waals surface area contributed by atoms with Crippen LogP contribution in [0, 0.1) is 11.8 Å². The second-order valence-electron chi connectivity index (χ2n) is 5.83. The van der Waals surface area contributed by atoms with Crippen molar-refractivity contribution in [1.82, 2.24) is 10.6 Å². The summed E-state index contributed by atoms with van der Waals surface area (Å²) in [5, 5.41) is 6.43. The van der Waals surface area contributed by atoms with Crippen molar-refractivity contribution in [2.24, 2.45) is 11.8 Å². The molecule has 0 aromatic heterocycles. The molecule has 0 unspecified atom stereocenters. The van der Waals surface area contributed by atoms with Crippen molar-refractivity contribution >= 4 is 11.9 Å². The fourth-order valence-corrected chi connectivity index (χ4v) is 3.14. The molecule has 2 aliphatic rings. The highest BCUT2D eigenvalue weighted by molar-refractivity contribution is 5.79. The Morgan fingerprint density at radius 1 is 1.05 bits per heavy atom. The summed E-state index contributed by atoms with van der Waals surface area (Å²) >= 11 is 0. The molecule has 0 spiro atoms. The van der Waals surface area contributed by atoms with Gasteiger partial charge in [0.05, 0.1) is 12.5 Å². The molecular formula is C15H26N2O3. The maximum atomic E-state index is 12.2. The normalized spacial score (nSPS) is 27.9. The van der Waals surface area contributed by atoms with Gasteiger partial charge in [0.15, 0.2) is 0 Å². The topological polar surface area (TPSA) is 67.4 Å². The number of carbonyl (C=O) groups excluding carboxylic acids is 2. The quantitative estimate of drug-likeness (QED) is 0.761. The summed E-state index contributed by atoms with van der Waals surface area (Å²) in [5.74, 6) is 0.322. The van der Waals surface area contributed by atoms with Crippen LogP contribution >= 0.6 is 0 Å². The Labute approximate surface area is 120 Å².